The molecule has 1 aliphatic heterocycles. The molecule has 0 radical (unpaired) electrons. The van der Waals surface area contributed by atoms with E-state index in [1.54, 1.807) is 19.3 Å². The second-order valence-corrected chi connectivity index (χ2v) is 5.14. The van der Waals surface area contributed by atoms with Gasteiger partial charge in [0.1, 0.15) is 11.8 Å². The first-order chi connectivity index (χ1) is 9.21. The van der Waals surface area contributed by atoms with Crippen molar-refractivity contribution >= 4 is 28.8 Å². The Bertz CT molecular complexity index is 563. The van der Waals surface area contributed by atoms with Gasteiger partial charge in [0.25, 0.3) is 5.24 Å². The fraction of sp³-hybridized carbons (Fsp3) is 0.286. The molecule has 1 aromatic carbocycles. The summed E-state index contributed by atoms with van der Waals surface area (Å²) in [5, 5.41) is 9.07. The highest BCUT2D eigenvalue weighted by atomic mass is 32.2. The van der Waals surface area contributed by atoms with Crippen LogP contribution in [0.1, 0.15) is 12.5 Å². The Morgan fingerprint density at radius 1 is 1.58 bits per heavy atom. The highest BCUT2D eigenvalue weighted by Gasteiger charge is 2.28. The molecule has 0 bridgehead atoms. The van der Waals surface area contributed by atoms with Gasteiger partial charge in [-0.1, -0.05) is 24.8 Å². The van der Waals surface area contributed by atoms with Crippen LogP contribution in [0.15, 0.2) is 24.3 Å². The number of anilines is 1. The monoisotopic (exact) mass is 274 g/mol. The standard InChI is InChI=1S/C14H14N2O2S/c1-3-19-14(17)16-11(9-15)5-4-10-8-12(18-2)6-7-13(10)16/h4-8,11H,3H2,1-2H3. The molecule has 1 amide bonds. The van der Waals surface area contributed by atoms with Gasteiger partial charge in [0.05, 0.1) is 18.9 Å². The average molecular weight is 274 g/mol. The predicted octanol–water partition coefficient (Wildman–Crippen LogP) is 3.29. The van der Waals surface area contributed by atoms with Crippen LogP contribution >= 0.6 is 11.8 Å². The van der Waals surface area contributed by atoms with Crippen LogP contribution in [0.2, 0.25) is 0 Å². The summed E-state index contributed by atoms with van der Waals surface area (Å²) in [6.07, 6.45) is 3.59. The Morgan fingerprint density at radius 2 is 2.37 bits per heavy atom. The highest BCUT2D eigenvalue weighted by molar-refractivity contribution is 8.13. The molecule has 1 atom stereocenters. The number of carbonyl (C=O) groups is 1. The van der Waals surface area contributed by atoms with Crippen LogP contribution in [-0.4, -0.2) is 24.1 Å². The average Bonchev–Trinajstić information content (AvgIpc) is 2.45. The Labute approximate surface area is 116 Å². The number of nitrogens with zero attached hydrogens (tertiary/aromatic N) is 2. The molecule has 1 aromatic rings. The topological polar surface area (TPSA) is 53.3 Å². The van der Waals surface area contributed by atoms with Crippen molar-refractivity contribution in [1.82, 2.24) is 0 Å². The zero-order valence-corrected chi connectivity index (χ0v) is 11.6. The zero-order chi connectivity index (χ0) is 13.8. The number of hydrogen-bond acceptors (Lipinski definition) is 4. The van der Waals surface area contributed by atoms with Gasteiger partial charge in [-0.3, -0.25) is 9.69 Å². The molecule has 0 N–H and O–H groups in total. The minimum absolute atomic E-state index is 0.107. The third-order valence-electron chi connectivity index (χ3n) is 2.83. The lowest BCUT2D eigenvalue weighted by atomic mass is 10.0. The first-order valence-corrected chi connectivity index (χ1v) is 6.91. The van der Waals surface area contributed by atoms with Crippen molar-refractivity contribution in [3.8, 4) is 11.8 Å². The molecule has 1 aliphatic rings. The number of amides is 1. The van der Waals surface area contributed by atoms with Crippen LogP contribution in [0.5, 0.6) is 5.75 Å². The second kappa shape index (κ2) is 5.81. The molecule has 0 fully saturated rings. The number of fused-ring (bicyclic) bond motifs is 1. The molecule has 2 rings (SSSR count). The fourth-order valence-electron chi connectivity index (χ4n) is 1.95. The molecule has 98 valence electrons. The third-order valence-corrected chi connectivity index (χ3v) is 3.56. The van der Waals surface area contributed by atoms with E-state index in [9.17, 15) is 10.1 Å². The Balaban J connectivity index is 2.44. The van der Waals surface area contributed by atoms with Crippen LogP contribution in [0.25, 0.3) is 6.08 Å². The van der Waals surface area contributed by atoms with Gasteiger partial charge in [0.2, 0.25) is 0 Å². The van der Waals surface area contributed by atoms with Gasteiger partial charge in [-0.25, -0.2) is 0 Å². The Hall–Kier alpha value is -1.93. The van der Waals surface area contributed by atoms with Gasteiger partial charge >= 0.3 is 0 Å². The maximum absolute atomic E-state index is 12.2. The number of ether oxygens (including phenoxy) is 1. The molecule has 19 heavy (non-hydrogen) atoms. The van der Waals surface area contributed by atoms with E-state index in [0.717, 1.165) is 17.0 Å². The number of benzene rings is 1. The summed E-state index contributed by atoms with van der Waals surface area (Å²) in [4.78, 5) is 13.7. The third kappa shape index (κ3) is 2.59. The van der Waals surface area contributed by atoms with Gasteiger partial charge in [0, 0.05) is 5.56 Å². The van der Waals surface area contributed by atoms with Crippen molar-refractivity contribution < 1.29 is 9.53 Å². The van der Waals surface area contributed by atoms with Crippen LogP contribution in [0.3, 0.4) is 0 Å². The van der Waals surface area contributed by atoms with Gasteiger partial charge in [0.15, 0.2) is 0 Å². The molecule has 4 nitrogen and oxygen atoms in total. The highest BCUT2D eigenvalue weighted by Crippen LogP contribution is 2.33. The summed E-state index contributed by atoms with van der Waals surface area (Å²) >= 11 is 1.20. The molecule has 0 saturated heterocycles. The van der Waals surface area contributed by atoms with Crippen molar-refractivity contribution in [3.63, 3.8) is 0 Å². The lowest BCUT2D eigenvalue weighted by Gasteiger charge is -2.29. The number of nitriles is 1. The zero-order valence-electron chi connectivity index (χ0n) is 10.8. The summed E-state index contributed by atoms with van der Waals surface area (Å²) in [5.41, 5.74) is 1.64. The maximum atomic E-state index is 12.2. The van der Waals surface area contributed by atoms with Crippen LogP contribution in [-0.2, 0) is 0 Å². The van der Waals surface area contributed by atoms with Crippen LogP contribution in [0.4, 0.5) is 10.5 Å². The van der Waals surface area contributed by atoms with Crippen molar-refractivity contribution in [2.45, 2.75) is 13.0 Å². The molecule has 0 saturated carbocycles. The van der Waals surface area contributed by atoms with Crippen molar-refractivity contribution in [2.24, 2.45) is 0 Å². The van der Waals surface area contributed by atoms with E-state index in [0.29, 0.717) is 5.75 Å². The summed E-state index contributed by atoms with van der Waals surface area (Å²) in [6.45, 7) is 1.92. The number of rotatable bonds is 2. The first kappa shape index (κ1) is 13.5. The largest absolute Gasteiger partial charge is 0.497 e. The van der Waals surface area contributed by atoms with E-state index >= 15 is 0 Å². The minimum Gasteiger partial charge on any atom is -0.497 e. The molecule has 5 heteroatoms. The Kier molecular flexibility index (Phi) is 4.13. The number of thioether (sulfide) groups is 1. The molecule has 0 spiro atoms. The van der Waals surface area contributed by atoms with Crippen molar-refractivity contribution in [2.75, 3.05) is 17.8 Å². The van der Waals surface area contributed by atoms with Gasteiger partial charge in [-0.15, -0.1) is 0 Å². The number of methoxy groups -OCH3 is 1. The Morgan fingerprint density at radius 3 is 3.00 bits per heavy atom. The lowest BCUT2D eigenvalue weighted by Crippen LogP contribution is -2.38. The van der Waals surface area contributed by atoms with Crippen molar-refractivity contribution in [3.05, 3.63) is 29.8 Å². The molecule has 1 unspecified atom stereocenters. The smallest absolute Gasteiger partial charge is 0.287 e. The van der Waals surface area contributed by atoms with Gasteiger partial charge in [-0.2, -0.15) is 5.26 Å². The summed E-state index contributed by atoms with van der Waals surface area (Å²) < 4.78 is 5.17. The quantitative estimate of drug-likeness (QED) is 0.830. The van der Waals surface area contributed by atoms with Gasteiger partial charge < -0.3 is 4.74 Å². The molecule has 0 aliphatic carbocycles. The fourth-order valence-corrected chi connectivity index (χ4v) is 2.55. The molecule has 1 heterocycles. The van der Waals surface area contributed by atoms with Gasteiger partial charge in [-0.05, 0) is 30.0 Å². The molecule has 0 aromatic heterocycles. The van der Waals surface area contributed by atoms with E-state index < -0.39 is 6.04 Å². The first-order valence-electron chi connectivity index (χ1n) is 5.93. The van der Waals surface area contributed by atoms with Crippen molar-refractivity contribution in [1.29, 1.82) is 5.26 Å². The van der Waals surface area contributed by atoms with E-state index in [4.69, 9.17) is 4.74 Å². The number of hydrogen-bond donors (Lipinski definition) is 0. The van der Waals surface area contributed by atoms with E-state index in [1.807, 2.05) is 25.1 Å². The minimum atomic E-state index is -0.549. The predicted molar refractivity (Wildman–Crippen MR) is 77.4 cm³/mol. The summed E-state index contributed by atoms with van der Waals surface area (Å²) in [7, 11) is 1.60. The molecular formula is C14H14N2O2S. The SMILES string of the molecule is CCSC(=O)N1c2ccc(OC)cc2C=CC1C#N. The van der Waals surface area contributed by atoms with E-state index in [1.165, 1.54) is 16.7 Å². The number of carbonyl (C=O) groups excluding carboxylic acids is 1. The summed E-state index contributed by atoms with van der Waals surface area (Å²) in [5.74, 6) is 1.41. The normalized spacial score (nSPS) is 16.7. The maximum Gasteiger partial charge on any atom is 0.287 e. The van der Waals surface area contributed by atoms with Crippen LogP contribution in [0, 0.1) is 11.3 Å². The summed E-state index contributed by atoms with van der Waals surface area (Å²) in [6, 6.07) is 7.06. The lowest BCUT2D eigenvalue weighted by molar-refractivity contribution is 0.264. The van der Waals surface area contributed by atoms with E-state index in [-0.39, 0.29) is 5.24 Å². The molecular weight excluding hydrogens is 260 g/mol. The van der Waals surface area contributed by atoms with Crippen LogP contribution < -0.4 is 9.64 Å². The second-order valence-electron chi connectivity index (χ2n) is 3.93. The van der Waals surface area contributed by atoms with E-state index in [2.05, 4.69) is 6.07 Å².